The fourth-order valence-electron chi connectivity index (χ4n) is 4.35. The zero-order valence-corrected chi connectivity index (χ0v) is 15.4. The van der Waals surface area contributed by atoms with Crippen LogP contribution in [0.3, 0.4) is 0 Å². The van der Waals surface area contributed by atoms with Crippen molar-refractivity contribution in [2.75, 3.05) is 19.6 Å². The molecule has 2 bridgehead atoms. The molecular weight excluding hydrogens is 320 g/mol. The number of rotatable bonds is 6. The van der Waals surface area contributed by atoms with Gasteiger partial charge in [0.15, 0.2) is 0 Å². The third-order valence-corrected chi connectivity index (χ3v) is 5.85. The van der Waals surface area contributed by atoms with Gasteiger partial charge in [-0.15, -0.1) is 0 Å². The summed E-state index contributed by atoms with van der Waals surface area (Å²) in [6.45, 7) is 9.97. The molecule has 3 unspecified atom stereocenters. The van der Waals surface area contributed by atoms with Crippen LogP contribution in [0.4, 0.5) is 8.78 Å². The second-order valence-electron chi connectivity index (χ2n) is 7.74. The van der Waals surface area contributed by atoms with Crippen LogP contribution >= 0.6 is 0 Å². The molecular formula is C21H27F2NO. The van der Waals surface area contributed by atoms with Crippen molar-refractivity contribution < 1.29 is 13.9 Å². The summed E-state index contributed by atoms with van der Waals surface area (Å²) < 4.78 is 27.2. The number of hydrogen-bond acceptors (Lipinski definition) is 2. The van der Waals surface area contributed by atoms with Crippen molar-refractivity contribution in [3.05, 3.63) is 58.2 Å². The lowest BCUT2D eigenvalue weighted by Crippen LogP contribution is -2.46. The summed E-state index contributed by atoms with van der Waals surface area (Å²) in [5.41, 5.74) is 3.11. The second kappa shape index (κ2) is 6.65. The van der Waals surface area contributed by atoms with Crippen molar-refractivity contribution in [1.82, 2.24) is 4.90 Å². The van der Waals surface area contributed by atoms with E-state index in [2.05, 4.69) is 31.7 Å². The predicted octanol–water partition coefficient (Wildman–Crippen LogP) is 4.41. The summed E-state index contributed by atoms with van der Waals surface area (Å²) in [4.78, 5) is 2.17. The third-order valence-electron chi connectivity index (χ3n) is 5.85. The zero-order valence-electron chi connectivity index (χ0n) is 15.4. The van der Waals surface area contributed by atoms with Gasteiger partial charge >= 0.3 is 0 Å². The maximum atomic E-state index is 14.1. The molecule has 0 aliphatic heterocycles. The molecule has 1 aromatic carbocycles. The minimum absolute atomic E-state index is 0.146. The summed E-state index contributed by atoms with van der Waals surface area (Å²) in [5, 5.41) is 10.8. The van der Waals surface area contributed by atoms with Crippen LogP contribution < -0.4 is 0 Å². The quantitative estimate of drug-likeness (QED) is 0.824. The Balaban J connectivity index is 1.73. The summed E-state index contributed by atoms with van der Waals surface area (Å²) in [5.74, 6) is -0.227. The zero-order chi connectivity index (χ0) is 18.4. The lowest BCUT2D eigenvalue weighted by atomic mass is 9.61. The number of benzene rings is 1. The lowest BCUT2D eigenvalue weighted by molar-refractivity contribution is 0.00685. The molecule has 136 valence electrons. The van der Waals surface area contributed by atoms with Crippen LogP contribution in [0, 0.1) is 23.5 Å². The average Bonchev–Trinajstić information content (AvgIpc) is 2.49. The smallest absolute Gasteiger partial charge is 0.132 e. The Hall–Kier alpha value is -1.52. The van der Waals surface area contributed by atoms with Crippen LogP contribution in [0.5, 0.6) is 0 Å². The standard InChI is InChI=1S/C21H27F2NO/c1-5-24(11-18-16-10-17(18)14(3)8-13(16)2)12-21(4,25)19-7-6-15(22)9-20(19)23/h6-9,16,18,25H,5,10-12H2,1-4H3. The maximum absolute atomic E-state index is 14.1. The number of allylic oxidation sites excluding steroid dienone is 3. The first-order chi connectivity index (χ1) is 11.7. The first kappa shape index (κ1) is 18.3. The average molecular weight is 347 g/mol. The Labute approximate surface area is 148 Å². The van der Waals surface area contributed by atoms with Gasteiger partial charge in [0.2, 0.25) is 0 Å². The van der Waals surface area contributed by atoms with E-state index in [1.807, 2.05) is 0 Å². The van der Waals surface area contributed by atoms with E-state index in [-0.39, 0.29) is 5.56 Å². The Morgan fingerprint density at radius 2 is 2.00 bits per heavy atom. The SMILES string of the molecule is CCN(CC1C2=C(C)C=C(C)C1C2)CC(C)(O)c1ccc(F)cc1F. The molecule has 0 spiro atoms. The normalized spacial score (nSPS) is 24.9. The molecule has 3 atom stereocenters. The van der Waals surface area contributed by atoms with Gasteiger partial charge in [-0.05, 0) is 51.6 Å². The first-order valence-electron chi connectivity index (χ1n) is 9.01. The van der Waals surface area contributed by atoms with Crippen molar-refractivity contribution in [2.45, 2.75) is 39.7 Å². The molecule has 0 saturated heterocycles. The Morgan fingerprint density at radius 1 is 1.28 bits per heavy atom. The first-order valence-corrected chi connectivity index (χ1v) is 9.01. The summed E-state index contributed by atoms with van der Waals surface area (Å²) >= 11 is 0. The van der Waals surface area contributed by atoms with Crippen molar-refractivity contribution >= 4 is 0 Å². The van der Waals surface area contributed by atoms with Crippen LogP contribution in [0.1, 0.15) is 39.7 Å². The highest BCUT2D eigenvalue weighted by molar-refractivity contribution is 5.43. The van der Waals surface area contributed by atoms with E-state index < -0.39 is 17.2 Å². The maximum Gasteiger partial charge on any atom is 0.132 e. The van der Waals surface area contributed by atoms with Crippen LogP contribution in [-0.2, 0) is 5.60 Å². The topological polar surface area (TPSA) is 23.5 Å². The molecule has 1 aromatic rings. The van der Waals surface area contributed by atoms with Gasteiger partial charge in [0.1, 0.15) is 17.2 Å². The van der Waals surface area contributed by atoms with E-state index in [1.54, 1.807) is 6.92 Å². The van der Waals surface area contributed by atoms with Crippen LogP contribution in [0.25, 0.3) is 0 Å². The molecule has 0 amide bonds. The monoisotopic (exact) mass is 347 g/mol. The molecule has 2 aliphatic carbocycles. The Bertz CT molecular complexity index is 735. The Morgan fingerprint density at radius 3 is 2.56 bits per heavy atom. The van der Waals surface area contributed by atoms with Crippen LogP contribution in [0.2, 0.25) is 0 Å². The van der Waals surface area contributed by atoms with Crippen molar-refractivity contribution in [1.29, 1.82) is 0 Å². The van der Waals surface area contributed by atoms with Crippen molar-refractivity contribution in [3.8, 4) is 0 Å². The van der Waals surface area contributed by atoms with E-state index in [0.717, 1.165) is 25.6 Å². The highest BCUT2D eigenvalue weighted by Crippen LogP contribution is 2.50. The molecule has 2 aliphatic rings. The summed E-state index contributed by atoms with van der Waals surface area (Å²) in [6, 6.07) is 3.37. The molecule has 4 heteroatoms. The third kappa shape index (κ3) is 3.42. The van der Waals surface area contributed by atoms with Gasteiger partial charge in [0.05, 0.1) is 0 Å². The highest BCUT2D eigenvalue weighted by atomic mass is 19.1. The minimum atomic E-state index is -1.36. The summed E-state index contributed by atoms with van der Waals surface area (Å²) in [7, 11) is 0. The van der Waals surface area contributed by atoms with E-state index in [9.17, 15) is 13.9 Å². The molecule has 0 aromatic heterocycles. The second-order valence-corrected chi connectivity index (χ2v) is 7.74. The lowest BCUT2D eigenvalue weighted by Gasteiger charge is -2.47. The minimum Gasteiger partial charge on any atom is -0.384 e. The Kier molecular flexibility index (Phi) is 4.86. The molecule has 1 N–H and O–H groups in total. The fraction of sp³-hybridized carbons (Fsp3) is 0.524. The number of hydrogen-bond donors (Lipinski definition) is 1. The number of likely N-dealkylation sites (N-methyl/N-ethyl adjacent to an activating group) is 1. The van der Waals surface area contributed by atoms with Gasteiger partial charge in [-0.3, -0.25) is 4.90 Å². The molecule has 25 heavy (non-hydrogen) atoms. The van der Waals surface area contributed by atoms with Gasteiger partial charge < -0.3 is 5.11 Å². The predicted molar refractivity (Wildman–Crippen MR) is 96.1 cm³/mol. The van der Waals surface area contributed by atoms with Crippen molar-refractivity contribution in [2.24, 2.45) is 11.8 Å². The number of halogens is 2. The summed E-state index contributed by atoms with van der Waals surface area (Å²) in [6.07, 6.45) is 3.43. The molecule has 1 fully saturated rings. The molecule has 0 heterocycles. The van der Waals surface area contributed by atoms with E-state index in [1.165, 1.54) is 28.9 Å². The van der Waals surface area contributed by atoms with E-state index >= 15 is 0 Å². The molecule has 1 saturated carbocycles. The number of aliphatic hydroxyl groups is 1. The molecule has 0 radical (unpaired) electrons. The van der Waals surface area contributed by atoms with Gasteiger partial charge in [-0.25, -0.2) is 8.78 Å². The van der Waals surface area contributed by atoms with Gasteiger partial charge in [-0.1, -0.05) is 35.8 Å². The number of fused-ring (bicyclic) bond motifs is 2. The van der Waals surface area contributed by atoms with Crippen molar-refractivity contribution in [3.63, 3.8) is 0 Å². The van der Waals surface area contributed by atoms with Gasteiger partial charge in [0.25, 0.3) is 0 Å². The number of nitrogens with zero attached hydrogens (tertiary/aromatic N) is 1. The van der Waals surface area contributed by atoms with Crippen LogP contribution in [-0.4, -0.2) is 29.6 Å². The highest BCUT2D eigenvalue weighted by Gasteiger charge is 2.41. The van der Waals surface area contributed by atoms with Gasteiger partial charge in [-0.2, -0.15) is 0 Å². The fourth-order valence-corrected chi connectivity index (χ4v) is 4.35. The largest absolute Gasteiger partial charge is 0.384 e. The van der Waals surface area contributed by atoms with E-state index in [4.69, 9.17) is 0 Å². The van der Waals surface area contributed by atoms with Crippen LogP contribution in [0.15, 0.2) is 41.0 Å². The van der Waals surface area contributed by atoms with Gasteiger partial charge in [0, 0.05) is 24.7 Å². The molecule has 2 nitrogen and oxygen atoms in total. The van der Waals surface area contributed by atoms with E-state index in [0.29, 0.717) is 18.4 Å². The molecule has 3 rings (SSSR count).